The number of methoxy groups -OCH3 is 2. The Morgan fingerprint density at radius 1 is 0.611 bits per heavy atom. The van der Waals surface area contributed by atoms with Gasteiger partial charge < -0.3 is 41.0 Å². The number of hydrogen-bond acceptors (Lipinski definition) is 8. The summed E-state index contributed by atoms with van der Waals surface area (Å²) in [4.78, 5) is 68.4. The number of carbonyl (C=O) groups is 6. The molecule has 0 aliphatic heterocycles. The molecule has 0 aromatic carbocycles. The minimum Gasteiger partial charge on any atom is -0.481 e. The minimum absolute atomic E-state index is 0.0669. The summed E-state index contributed by atoms with van der Waals surface area (Å²) in [5.41, 5.74) is 0. The molecule has 0 aliphatic carbocycles. The van der Waals surface area contributed by atoms with Crippen LogP contribution >= 0.6 is 0 Å². The van der Waals surface area contributed by atoms with Crippen LogP contribution in [0.15, 0.2) is 0 Å². The first kappa shape index (κ1) is 32.4. The maximum Gasteiger partial charge on any atom is 0.328 e. The monoisotopic (exact) mass is 518 g/mol. The lowest BCUT2D eigenvalue weighted by Crippen LogP contribution is -2.46. The van der Waals surface area contributed by atoms with Gasteiger partial charge >= 0.3 is 35.9 Å². The van der Waals surface area contributed by atoms with Crippen molar-refractivity contribution < 1.29 is 48.5 Å². The fourth-order valence-corrected chi connectivity index (χ4v) is 3.10. The van der Waals surface area contributed by atoms with Gasteiger partial charge in [0.15, 0.2) is 0 Å². The molecule has 0 bridgehead atoms. The van der Waals surface area contributed by atoms with Crippen molar-refractivity contribution >= 4 is 35.9 Å². The summed E-state index contributed by atoms with van der Waals surface area (Å²) in [6.45, 7) is 0.785. The Morgan fingerprint density at radius 3 is 1.25 bits per heavy atom. The number of esters is 2. The molecule has 14 nitrogen and oxygen atoms in total. The number of amides is 4. The molecule has 0 fully saturated rings. The van der Waals surface area contributed by atoms with E-state index in [1.165, 1.54) is 0 Å². The first-order chi connectivity index (χ1) is 17.1. The van der Waals surface area contributed by atoms with Crippen LogP contribution in [-0.2, 0) is 28.7 Å². The molecule has 0 heterocycles. The van der Waals surface area contributed by atoms with Gasteiger partial charge in [-0.2, -0.15) is 0 Å². The molecule has 36 heavy (non-hydrogen) atoms. The average Bonchev–Trinajstić information content (AvgIpc) is 2.83. The Hall–Kier alpha value is -3.58. The smallest absolute Gasteiger partial charge is 0.328 e. The van der Waals surface area contributed by atoms with E-state index in [9.17, 15) is 28.8 Å². The maximum atomic E-state index is 11.9. The number of ether oxygens (including phenoxy) is 2. The largest absolute Gasteiger partial charge is 0.481 e. The molecule has 0 radical (unpaired) electrons. The molecule has 4 amide bonds. The Kier molecular flexibility index (Phi) is 17.7. The summed E-state index contributed by atoms with van der Waals surface area (Å²) >= 11 is 0. The van der Waals surface area contributed by atoms with Crippen LogP contribution in [-0.4, -0.2) is 85.5 Å². The van der Waals surface area contributed by atoms with Crippen molar-refractivity contribution in [2.45, 2.75) is 76.3 Å². The van der Waals surface area contributed by atoms with Crippen molar-refractivity contribution in [2.75, 3.05) is 27.3 Å². The van der Waals surface area contributed by atoms with Gasteiger partial charge in [0.2, 0.25) is 0 Å². The number of carboxylic acids is 2. The van der Waals surface area contributed by atoms with Crippen LogP contribution < -0.4 is 21.3 Å². The standard InChI is InChI=1S/C22H38N4O10/c1-35-19(31)15(9-11-17(27)28)25-21(33)23-13-7-5-3-4-6-8-14-24-22(34)26-16(20(32)36-2)10-12-18(29)30/h15-16H,3-14H2,1-2H3,(H,27,28)(H,29,30)(H2,23,25,33)(H2,24,26,34)/t15-,16-/m0/s1. The van der Waals surface area contributed by atoms with Crippen molar-refractivity contribution in [1.29, 1.82) is 0 Å². The fourth-order valence-electron chi connectivity index (χ4n) is 3.10. The highest BCUT2D eigenvalue weighted by Crippen LogP contribution is 2.05. The zero-order chi connectivity index (χ0) is 27.3. The van der Waals surface area contributed by atoms with E-state index in [-0.39, 0.29) is 25.7 Å². The SMILES string of the molecule is COC(=O)[C@H](CCC(=O)O)NC(=O)NCCCCCCCCNC(=O)N[C@@H](CCC(=O)O)C(=O)OC. The number of nitrogens with one attached hydrogen (secondary N) is 4. The minimum atomic E-state index is -1.08. The molecule has 0 aromatic heterocycles. The van der Waals surface area contributed by atoms with Gasteiger partial charge in [-0.15, -0.1) is 0 Å². The van der Waals surface area contributed by atoms with E-state index in [0.29, 0.717) is 13.1 Å². The predicted octanol–water partition coefficient (Wildman–Crippen LogP) is 0.738. The highest BCUT2D eigenvalue weighted by atomic mass is 16.5. The third kappa shape index (κ3) is 16.9. The summed E-state index contributed by atoms with van der Waals surface area (Å²) in [5, 5.41) is 27.5. The molecular formula is C22H38N4O10. The second-order valence-electron chi connectivity index (χ2n) is 7.94. The lowest BCUT2D eigenvalue weighted by Gasteiger charge is -2.16. The lowest BCUT2D eigenvalue weighted by molar-refractivity contribution is -0.145. The number of carbonyl (C=O) groups excluding carboxylic acids is 4. The van der Waals surface area contributed by atoms with E-state index < -0.39 is 48.0 Å². The van der Waals surface area contributed by atoms with E-state index in [2.05, 4.69) is 30.7 Å². The van der Waals surface area contributed by atoms with Gasteiger partial charge in [-0.25, -0.2) is 19.2 Å². The van der Waals surface area contributed by atoms with Crippen LogP contribution in [0.5, 0.6) is 0 Å². The normalized spacial score (nSPS) is 11.9. The van der Waals surface area contributed by atoms with Crippen LogP contribution in [0.3, 0.4) is 0 Å². The Bertz CT molecular complexity index is 672. The van der Waals surface area contributed by atoms with Gasteiger partial charge in [0.25, 0.3) is 0 Å². The summed E-state index contributed by atoms with van der Waals surface area (Å²) in [6.07, 6.45) is 4.30. The first-order valence-corrected chi connectivity index (χ1v) is 11.8. The van der Waals surface area contributed by atoms with Crippen molar-refractivity contribution in [1.82, 2.24) is 21.3 Å². The number of urea groups is 2. The highest BCUT2D eigenvalue weighted by Gasteiger charge is 2.23. The quantitative estimate of drug-likeness (QED) is 0.104. The topological polar surface area (TPSA) is 209 Å². The second-order valence-corrected chi connectivity index (χ2v) is 7.94. The van der Waals surface area contributed by atoms with E-state index in [4.69, 9.17) is 10.2 Å². The molecule has 0 saturated carbocycles. The Balaban J connectivity index is 3.91. The molecule has 0 saturated heterocycles. The van der Waals surface area contributed by atoms with Crippen molar-refractivity contribution in [3.8, 4) is 0 Å². The predicted molar refractivity (Wildman–Crippen MR) is 126 cm³/mol. The zero-order valence-corrected chi connectivity index (χ0v) is 20.8. The van der Waals surface area contributed by atoms with Gasteiger partial charge in [0, 0.05) is 25.9 Å². The molecular weight excluding hydrogens is 480 g/mol. The summed E-state index contributed by atoms with van der Waals surface area (Å²) in [6, 6.07) is -3.20. The number of rotatable bonds is 19. The first-order valence-electron chi connectivity index (χ1n) is 11.8. The number of carboxylic acid groups (broad SMARTS) is 2. The van der Waals surface area contributed by atoms with Crippen LogP contribution in [0, 0.1) is 0 Å². The van der Waals surface area contributed by atoms with Crippen molar-refractivity contribution in [3.63, 3.8) is 0 Å². The highest BCUT2D eigenvalue weighted by molar-refractivity contribution is 5.84. The third-order valence-corrected chi connectivity index (χ3v) is 5.05. The summed E-state index contributed by atoms with van der Waals surface area (Å²) in [7, 11) is 2.32. The number of aliphatic carboxylic acids is 2. The van der Waals surface area contributed by atoms with Crippen LogP contribution in [0.25, 0.3) is 0 Å². The molecule has 2 atom stereocenters. The van der Waals surface area contributed by atoms with Gasteiger partial charge in [0.1, 0.15) is 12.1 Å². The van der Waals surface area contributed by atoms with E-state index >= 15 is 0 Å². The van der Waals surface area contributed by atoms with Gasteiger partial charge in [-0.3, -0.25) is 9.59 Å². The van der Waals surface area contributed by atoms with Crippen LogP contribution in [0.4, 0.5) is 9.59 Å². The number of unbranched alkanes of at least 4 members (excludes halogenated alkanes) is 5. The third-order valence-electron chi connectivity index (χ3n) is 5.05. The Labute approximate surface area is 209 Å². The van der Waals surface area contributed by atoms with Gasteiger partial charge in [-0.05, 0) is 25.7 Å². The van der Waals surface area contributed by atoms with Crippen molar-refractivity contribution in [3.05, 3.63) is 0 Å². The maximum absolute atomic E-state index is 11.9. The zero-order valence-electron chi connectivity index (χ0n) is 20.8. The second kappa shape index (κ2) is 19.7. The molecule has 14 heteroatoms. The Morgan fingerprint density at radius 2 is 0.944 bits per heavy atom. The van der Waals surface area contributed by atoms with Crippen molar-refractivity contribution in [2.24, 2.45) is 0 Å². The molecule has 0 rings (SSSR count). The molecule has 0 spiro atoms. The molecule has 6 N–H and O–H groups in total. The van der Waals surface area contributed by atoms with Gasteiger partial charge in [-0.1, -0.05) is 25.7 Å². The van der Waals surface area contributed by atoms with E-state index in [1.54, 1.807) is 0 Å². The fraction of sp³-hybridized carbons (Fsp3) is 0.727. The van der Waals surface area contributed by atoms with Crippen LogP contribution in [0.1, 0.15) is 64.2 Å². The number of hydrogen-bond donors (Lipinski definition) is 6. The summed E-state index contributed by atoms with van der Waals surface area (Å²) in [5.74, 6) is -3.57. The average molecular weight is 519 g/mol. The molecule has 0 aliphatic rings. The van der Waals surface area contributed by atoms with Crippen LogP contribution in [0.2, 0.25) is 0 Å². The lowest BCUT2D eigenvalue weighted by atomic mass is 10.1. The molecule has 0 unspecified atom stereocenters. The molecule has 206 valence electrons. The van der Waals surface area contributed by atoms with E-state index in [0.717, 1.165) is 52.7 Å². The summed E-state index contributed by atoms with van der Waals surface area (Å²) < 4.78 is 9.13. The molecule has 0 aromatic rings. The van der Waals surface area contributed by atoms with E-state index in [1.807, 2.05) is 0 Å². The van der Waals surface area contributed by atoms with Gasteiger partial charge in [0.05, 0.1) is 14.2 Å².